The number of nitrogens with zero attached hydrogens (tertiary/aromatic N) is 4. The van der Waals surface area contributed by atoms with Crippen LogP contribution in [0.1, 0.15) is 10.4 Å². The molecule has 2 aromatic heterocycles. The number of hydrogen-bond acceptors (Lipinski definition) is 4. The summed E-state index contributed by atoms with van der Waals surface area (Å²) in [4.78, 5) is 24.1. The molecule has 0 aliphatic rings. The van der Waals surface area contributed by atoms with Crippen LogP contribution in [0.25, 0.3) is 22.7 Å². The molecule has 0 radical (unpaired) electrons. The van der Waals surface area contributed by atoms with Crippen LogP contribution >= 0.6 is 0 Å². The van der Waals surface area contributed by atoms with Gasteiger partial charge in [-0.05, 0) is 36.4 Å². The van der Waals surface area contributed by atoms with Crippen LogP contribution in [0.5, 0.6) is 0 Å². The number of carbonyl (C=O) groups excluding carboxylic acids is 1. The smallest absolute Gasteiger partial charge is 0.258 e. The van der Waals surface area contributed by atoms with Crippen molar-refractivity contribution in [1.29, 1.82) is 0 Å². The molecular formula is C17H13FN6O. The molecule has 0 fully saturated rings. The van der Waals surface area contributed by atoms with Gasteiger partial charge in [-0.15, -0.1) is 5.10 Å². The minimum atomic E-state index is -0.415. The Morgan fingerprint density at radius 3 is 2.64 bits per heavy atom. The van der Waals surface area contributed by atoms with Gasteiger partial charge in [0.05, 0.1) is 11.0 Å². The molecular weight excluding hydrogens is 323 g/mol. The van der Waals surface area contributed by atoms with Gasteiger partial charge in [-0.2, -0.15) is 4.98 Å². The van der Waals surface area contributed by atoms with Crippen molar-refractivity contribution in [3.63, 3.8) is 0 Å². The molecule has 0 saturated heterocycles. The predicted octanol–water partition coefficient (Wildman–Crippen LogP) is 2.75. The number of carbonyl (C=O) groups is 1. The van der Waals surface area contributed by atoms with Crippen LogP contribution in [0, 0.1) is 5.82 Å². The first-order chi connectivity index (χ1) is 12.1. The second-order valence-corrected chi connectivity index (χ2v) is 5.45. The number of hydrogen-bond donors (Lipinski definition) is 2. The van der Waals surface area contributed by atoms with Gasteiger partial charge in [0.25, 0.3) is 5.91 Å². The Morgan fingerprint density at radius 2 is 1.88 bits per heavy atom. The SMILES string of the molecule is Cn1nc(NC(=O)c2ccc(F)cc2)nc1-c1nc2ccccc2[nH]1. The lowest BCUT2D eigenvalue weighted by Gasteiger charge is -2.00. The minimum absolute atomic E-state index is 0.146. The van der Waals surface area contributed by atoms with Crippen LogP contribution in [0.2, 0.25) is 0 Å². The molecule has 2 heterocycles. The highest BCUT2D eigenvalue weighted by Crippen LogP contribution is 2.19. The summed E-state index contributed by atoms with van der Waals surface area (Å²) in [5.74, 6) is 0.373. The van der Waals surface area contributed by atoms with Crippen molar-refractivity contribution >= 4 is 22.9 Å². The lowest BCUT2D eigenvalue weighted by Crippen LogP contribution is -2.13. The standard InChI is InChI=1S/C17H13FN6O/c1-24-15(14-19-12-4-2-3-5-13(12)20-14)21-17(23-24)22-16(25)10-6-8-11(18)9-7-10/h2-9H,1H3,(H,19,20)(H,22,23,25). The Kier molecular flexibility index (Phi) is 3.50. The number of nitrogens with one attached hydrogen (secondary N) is 2. The van der Waals surface area contributed by atoms with Gasteiger partial charge in [-0.25, -0.2) is 14.1 Å². The Bertz CT molecular complexity index is 1030. The summed E-state index contributed by atoms with van der Waals surface area (Å²) >= 11 is 0. The van der Waals surface area contributed by atoms with E-state index in [-0.39, 0.29) is 5.95 Å². The zero-order valence-corrected chi connectivity index (χ0v) is 13.2. The van der Waals surface area contributed by atoms with Crippen LogP contribution in [0.4, 0.5) is 10.3 Å². The fourth-order valence-electron chi connectivity index (χ4n) is 2.48. The molecule has 7 nitrogen and oxygen atoms in total. The van der Waals surface area contributed by atoms with E-state index in [1.54, 1.807) is 7.05 Å². The minimum Gasteiger partial charge on any atom is -0.335 e. The maximum Gasteiger partial charge on any atom is 0.258 e. The molecule has 124 valence electrons. The lowest BCUT2D eigenvalue weighted by molar-refractivity contribution is 0.102. The molecule has 2 N–H and O–H groups in total. The summed E-state index contributed by atoms with van der Waals surface area (Å²) in [6, 6.07) is 12.9. The normalized spacial score (nSPS) is 11.0. The highest BCUT2D eigenvalue weighted by atomic mass is 19.1. The molecule has 25 heavy (non-hydrogen) atoms. The Hall–Kier alpha value is -3.55. The van der Waals surface area contributed by atoms with Crippen LogP contribution in [-0.4, -0.2) is 30.6 Å². The van der Waals surface area contributed by atoms with Gasteiger partial charge < -0.3 is 4.98 Å². The van der Waals surface area contributed by atoms with Crippen molar-refractivity contribution in [1.82, 2.24) is 24.7 Å². The number of amides is 1. The quantitative estimate of drug-likeness (QED) is 0.602. The number of imidazole rings is 1. The molecule has 0 bridgehead atoms. The summed E-state index contributed by atoms with van der Waals surface area (Å²) in [6.45, 7) is 0. The molecule has 0 spiro atoms. The second kappa shape index (κ2) is 5.82. The predicted molar refractivity (Wildman–Crippen MR) is 90.4 cm³/mol. The number of H-pyrrole nitrogens is 1. The van der Waals surface area contributed by atoms with Crippen LogP contribution in [-0.2, 0) is 7.05 Å². The third-order valence-electron chi connectivity index (χ3n) is 3.70. The number of fused-ring (bicyclic) bond motifs is 1. The number of rotatable bonds is 3. The summed E-state index contributed by atoms with van der Waals surface area (Å²) in [6.07, 6.45) is 0. The molecule has 0 aliphatic heterocycles. The molecule has 0 saturated carbocycles. The summed E-state index contributed by atoms with van der Waals surface area (Å²) in [5, 5.41) is 6.78. The fourth-order valence-corrected chi connectivity index (χ4v) is 2.48. The van der Waals surface area contributed by atoms with Crippen molar-refractivity contribution in [2.24, 2.45) is 7.05 Å². The van der Waals surface area contributed by atoms with Crippen LogP contribution < -0.4 is 5.32 Å². The molecule has 2 aromatic carbocycles. The third-order valence-corrected chi connectivity index (χ3v) is 3.70. The molecule has 0 atom stereocenters. The fraction of sp³-hybridized carbons (Fsp3) is 0.0588. The zero-order chi connectivity index (χ0) is 17.4. The van der Waals surface area contributed by atoms with E-state index in [2.05, 4.69) is 25.4 Å². The van der Waals surface area contributed by atoms with Crippen molar-refractivity contribution in [2.75, 3.05) is 5.32 Å². The van der Waals surface area contributed by atoms with Crippen molar-refractivity contribution in [3.8, 4) is 11.6 Å². The van der Waals surface area contributed by atoms with Crippen LogP contribution in [0.15, 0.2) is 48.5 Å². The highest BCUT2D eigenvalue weighted by Gasteiger charge is 2.15. The first-order valence-corrected chi connectivity index (χ1v) is 7.53. The Balaban J connectivity index is 1.61. The van der Waals surface area contributed by atoms with E-state index in [9.17, 15) is 9.18 Å². The molecule has 0 aliphatic carbocycles. The van der Waals surface area contributed by atoms with Gasteiger partial charge in [0, 0.05) is 12.6 Å². The van der Waals surface area contributed by atoms with Gasteiger partial charge in [-0.1, -0.05) is 12.1 Å². The van der Waals surface area contributed by atoms with Crippen molar-refractivity contribution in [3.05, 3.63) is 59.9 Å². The molecule has 4 aromatic rings. The van der Waals surface area contributed by atoms with E-state index < -0.39 is 11.7 Å². The van der Waals surface area contributed by atoms with E-state index in [0.717, 1.165) is 11.0 Å². The maximum absolute atomic E-state index is 12.9. The van der Waals surface area contributed by atoms with Gasteiger partial charge in [0.2, 0.25) is 5.95 Å². The van der Waals surface area contributed by atoms with Gasteiger partial charge in [0.15, 0.2) is 11.6 Å². The Morgan fingerprint density at radius 1 is 1.12 bits per heavy atom. The lowest BCUT2D eigenvalue weighted by atomic mass is 10.2. The third kappa shape index (κ3) is 2.85. The average molecular weight is 336 g/mol. The average Bonchev–Trinajstić information content (AvgIpc) is 3.18. The monoisotopic (exact) mass is 336 g/mol. The second-order valence-electron chi connectivity index (χ2n) is 5.45. The largest absolute Gasteiger partial charge is 0.335 e. The number of aryl methyl sites for hydroxylation is 1. The summed E-state index contributed by atoms with van der Waals surface area (Å²) in [5.41, 5.74) is 2.02. The summed E-state index contributed by atoms with van der Waals surface area (Å²) < 4.78 is 14.5. The number of halogens is 1. The Labute approximate surface area is 141 Å². The first kappa shape index (κ1) is 15.0. The summed E-state index contributed by atoms with van der Waals surface area (Å²) in [7, 11) is 1.71. The zero-order valence-electron chi connectivity index (χ0n) is 13.2. The van der Waals surface area contributed by atoms with E-state index in [4.69, 9.17) is 0 Å². The number of aromatic amines is 1. The molecule has 0 unspecified atom stereocenters. The first-order valence-electron chi connectivity index (χ1n) is 7.53. The molecule has 4 rings (SSSR count). The maximum atomic E-state index is 12.9. The van der Waals surface area contributed by atoms with Crippen molar-refractivity contribution in [2.45, 2.75) is 0 Å². The highest BCUT2D eigenvalue weighted by molar-refractivity contribution is 6.03. The van der Waals surface area contributed by atoms with E-state index in [1.807, 2.05) is 24.3 Å². The molecule has 1 amide bonds. The topological polar surface area (TPSA) is 88.5 Å². The molecule has 8 heteroatoms. The van der Waals surface area contributed by atoms with E-state index in [1.165, 1.54) is 28.9 Å². The van der Waals surface area contributed by atoms with E-state index >= 15 is 0 Å². The van der Waals surface area contributed by atoms with Gasteiger partial charge >= 0.3 is 0 Å². The number of benzene rings is 2. The van der Waals surface area contributed by atoms with Gasteiger partial charge in [-0.3, -0.25) is 10.1 Å². The van der Waals surface area contributed by atoms with Crippen molar-refractivity contribution < 1.29 is 9.18 Å². The van der Waals surface area contributed by atoms with Gasteiger partial charge in [0.1, 0.15) is 5.82 Å². The number of anilines is 1. The number of para-hydroxylation sites is 2. The number of aromatic nitrogens is 5. The van der Waals surface area contributed by atoms with E-state index in [0.29, 0.717) is 17.2 Å². The van der Waals surface area contributed by atoms with Crippen LogP contribution in [0.3, 0.4) is 0 Å².